The number of halogens is 1. The number of carbonyl (C=O) groups is 1. The van der Waals surface area contributed by atoms with E-state index in [1.165, 1.54) is 5.56 Å². The summed E-state index contributed by atoms with van der Waals surface area (Å²) in [6.45, 7) is 0.511. The number of hydrogen-bond donors (Lipinski definition) is 2. The quantitative estimate of drug-likeness (QED) is 0.636. The highest BCUT2D eigenvalue weighted by Crippen LogP contribution is 2.47. The normalized spacial score (nSPS) is 20.8. The SMILES string of the molecule is O=C(O)N1CCCC(c2ccncc2)C1c1n[nH]c2c1-c1ccc(Cl)cc1CC2. The predicted molar refractivity (Wildman–Crippen MR) is 110 cm³/mol. The molecule has 3 aromatic rings. The second kappa shape index (κ2) is 7.19. The van der Waals surface area contributed by atoms with E-state index in [2.05, 4.69) is 15.2 Å². The van der Waals surface area contributed by atoms with Crippen LogP contribution in [0.5, 0.6) is 0 Å². The molecule has 3 heterocycles. The summed E-state index contributed by atoms with van der Waals surface area (Å²) in [5.41, 5.74) is 6.31. The van der Waals surface area contributed by atoms with Crippen LogP contribution in [0, 0.1) is 0 Å². The summed E-state index contributed by atoms with van der Waals surface area (Å²) in [5.74, 6) is 0.0351. The highest BCUT2D eigenvalue weighted by atomic mass is 35.5. The number of aromatic nitrogens is 3. The number of likely N-dealkylation sites (tertiary alicyclic amines) is 1. The maximum absolute atomic E-state index is 12.2. The van der Waals surface area contributed by atoms with Crippen LogP contribution in [0.3, 0.4) is 0 Å². The molecule has 0 radical (unpaired) electrons. The summed E-state index contributed by atoms with van der Waals surface area (Å²) in [7, 11) is 0. The first kappa shape index (κ1) is 18.2. The fraction of sp³-hybridized carbons (Fsp3) is 0.318. The zero-order valence-electron chi connectivity index (χ0n) is 15.8. The molecule has 1 aromatic carbocycles. The van der Waals surface area contributed by atoms with Crippen LogP contribution in [0.1, 0.15) is 47.3 Å². The number of hydrogen-bond acceptors (Lipinski definition) is 3. The molecule has 2 aliphatic rings. The summed E-state index contributed by atoms with van der Waals surface area (Å²) in [4.78, 5) is 17.8. The van der Waals surface area contributed by atoms with Crippen LogP contribution in [-0.4, -0.2) is 37.8 Å². The number of aromatic amines is 1. The van der Waals surface area contributed by atoms with Crippen molar-refractivity contribution in [2.45, 2.75) is 37.6 Å². The average Bonchev–Trinajstić information content (AvgIpc) is 3.17. The molecule has 0 spiro atoms. The van der Waals surface area contributed by atoms with Crippen LogP contribution in [0.25, 0.3) is 11.1 Å². The Morgan fingerprint density at radius 2 is 2.03 bits per heavy atom. The van der Waals surface area contributed by atoms with Crippen LogP contribution >= 0.6 is 11.6 Å². The molecule has 2 atom stereocenters. The van der Waals surface area contributed by atoms with E-state index >= 15 is 0 Å². The number of piperidine rings is 1. The molecular formula is C22H21ClN4O2. The van der Waals surface area contributed by atoms with E-state index in [1.807, 2.05) is 30.3 Å². The first-order valence-corrected chi connectivity index (χ1v) is 10.3. The maximum Gasteiger partial charge on any atom is 0.407 e. The van der Waals surface area contributed by atoms with Gasteiger partial charge in [0.2, 0.25) is 0 Å². The molecule has 1 fully saturated rings. The monoisotopic (exact) mass is 408 g/mol. The maximum atomic E-state index is 12.2. The van der Waals surface area contributed by atoms with E-state index < -0.39 is 6.09 Å². The molecule has 1 aliphatic heterocycles. The van der Waals surface area contributed by atoms with Crippen LogP contribution in [-0.2, 0) is 12.8 Å². The minimum Gasteiger partial charge on any atom is -0.465 e. The summed E-state index contributed by atoms with van der Waals surface area (Å²) < 4.78 is 0. The third-order valence-electron chi connectivity index (χ3n) is 6.14. The van der Waals surface area contributed by atoms with E-state index in [1.54, 1.807) is 17.3 Å². The van der Waals surface area contributed by atoms with Crippen molar-refractivity contribution in [3.05, 3.63) is 70.3 Å². The second-order valence-corrected chi connectivity index (χ2v) is 8.15. The van der Waals surface area contributed by atoms with Gasteiger partial charge < -0.3 is 5.11 Å². The number of amides is 1. The van der Waals surface area contributed by atoms with Crippen molar-refractivity contribution < 1.29 is 9.90 Å². The molecule has 0 saturated carbocycles. The molecule has 7 heteroatoms. The van der Waals surface area contributed by atoms with E-state index in [0.29, 0.717) is 6.54 Å². The fourth-order valence-electron chi connectivity index (χ4n) is 4.87. The lowest BCUT2D eigenvalue weighted by Crippen LogP contribution is -2.41. The molecule has 1 aliphatic carbocycles. The van der Waals surface area contributed by atoms with Gasteiger partial charge in [-0.15, -0.1) is 0 Å². The van der Waals surface area contributed by atoms with E-state index in [-0.39, 0.29) is 12.0 Å². The van der Waals surface area contributed by atoms with Crippen LogP contribution in [0.4, 0.5) is 4.79 Å². The fourth-order valence-corrected chi connectivity index (χ4v) is 5.07. The Labute approximate surface area is 173 Å². The van der Waals surface area contributed by atoms with Gasteiger partial charge in [0, 0.05) is 41.1 Å². The lowest BCUT2D eigenvalue weighted by Gasteiger charge is -2.39. The molecule has 6 nitrogen and oxygen atoms in total. The molecular weight excluding hydrogens is 388 g/mol. The lowest BCUT2D eigenvalue weighted by molar-refractivity contribution is 0.0950. The van der Waals surface area contributed by atoms with Crippen molar-refractivity contribution in [2.75, 3.05) is 6.54 Å². The lowest BCUT2D eigenvalue weighted by atomic mass is 9.79. The van der Waals surface area contributed by atoms with E-state index in [0.717, 1.165) is 58.8 Å². The Hall–Kier alpha value is -2.86. The highest BCUT2D eigenvalue weighted by Gasteiger charge is 2.40. The number of fused-ring (bicyclic) bond motifs is 3. The summed E-state index contributed by atoms with van der Waals surface area (Å²) >= 11 is 6.22. The van der Waals surface area contributed by atoms with Gasteiger partial charge in [0.05, 0.1) is 11.7 Å². The molecule has 5 rings (SSSR count). The molecule has 2 aromatic heterocycles. The first-order valence-electron chi connectivity index (χ1n) is 9.89. The number of H-pyrrole nitrogens is 1. The summed E-state index contributed by atoms with van der Waals surface area (Å²) in [6.07, 6.45) is 6.10. The third kappa shape index (κ3) is 3.08. The van der Waals surface area contributed by atoms with Crippen LogP contribution in [0.15, 0.2) is 42.7 Å². The standard InChI is InChI=1S/C22H21ClN4O2/c23-15-4-5-16-14(12-15)3-6-18-19(16)20(26-25-18)21-17(13-7-9-24-10-8-13)2-1-11-27(21)22(28)29/h4-5,7-10,12,17,21H,1-3,6,11H2,(H,25,26)(H,28,29). The molecule has 1 amide bonds. The largest absolute Gasteiger partial charge is 0.465 e. The Morgan fingerprint density at radius 3 is 2.83 bits per heavy atom. The Morgan fingerprint density at radius 1 is 1.21 bits per heavy atom. The zero-order chi connectivity index (χ0) is 20.0. The van der Waals surface area contributed by atoms with Gasteiger partial charge in [0.25, 0.3) is 0 Å². The molecule has 2 N–H and O–H groups in total. The first-order chi connectivity index (χ1) is 14.1. The topological polar surface area (TPSA) is 82.1 Å². The zero-order valence-corrected chi connectivity index (χ0v) is 16.6. The van der Waals surface area contributed by atoms with E-state index in [4.69, 9.17) is 11.6 Å². The number of carboxylic acid groups (broad SMARTS) is 1. The number of pyridine rings is 1. The third-order valence-corrected chi connectivity index (χ3v) is 6.38. The highest BCUT2D eigenvalue weighted by molar-refractivity contribution is 6.30. The summed E-state index contributed by atoms with van der Waals surface area (Å²) in [6, 6.07) is 9.55. The van der Waals surface area contributed by atoms with E-state index in [9.17, 15) is 9.90 Å². The summed E-state index contributed by atoms with van der Waals surface area (Å²) in [5, 5.41) is 18.6. The van der Waals surface area contributed by atoms with Gasteiger partial charge in [0.1, 0.15) is 0 Å². The van der Waals surface area contributed by atoms with Crippen molar-refractivity contribution in [1.29, 1.82) is 0 Å². The Kier molecular flexibility index (Phi) is 4.51. The molecule has 148 valence electrons. The van der Waals surface area contributed by atoms with Crippen molar-refractivity contribution in [3.8, 4) is 11.1 Å². The van der Waals surface area contributed by atoms with Crippen LogP contribution in [0.2, 0.25) is 5.02 Å². The molecule has 2 unspecified atom stereocenters. The predicted octanol–water partition coefficient (Wildman–Crippen LogP) is 4.82. The van der Waals surface area contributed by atoms with Gasteiger partial charge in [-0.1, -0.05) is 17.7 Å². The van der Waals surface area contributed by atoms with Gasteiger partial charge in [0.15, 0.2) is 0 Å². The van der Waals surface area contributed by atoms with Gasteiger partial charge in [-0.2, -0.15) is 5.10 Å². The van der Waals surface area contributed by atoms with Gasteiger partial charge in [-0.25, -0.2) is 4.79 Å². The van der Waals surface area contributed by atoms with Crippen molar-refractivity contribution >= 4 is 17.7 Å². The Balaban J connectivity index is 1.67. The van der Waals surface area contributed by atoms with Gasteiger partial charge >= 0.3 is 6.09 Å². The smallest absolute Gasteiger partial charge is 0.407 e. The average molecular weight is 409 g/mol. The number of aryl methyl sites for hydroxylation is 2. The Bertz CT molecular complexity index is 1070. The molecule has 1 saturated heterocycles. The van der Waals surface area contributed by atoms with Crippen molar-refractivity contribution in [3.63, 3.8) is 0 Å². The van der Waals surface area contributed by atoms with Crippen molar-refractivity contribution in [1.82, 2.24) is 20.1 Å². The second-order valence-electron chi connectivity index (χ2n) is 7.71. The molecule has 0 bridgehead atoms. The van der Waals surface area contributed by atoms with Gasteiger partial charge in [-0.05, 0) is 66.6 Å². The number of benzene rings is 1. The van der Waals surface area contributed by atoms with Crippen LogP contribution < -0.4 is 0 Å². The van der Waals surface area contributed by atoms with Crippen molar-refractivity contribution in [2.24, 2.45) is 0 Å². The number of nitrogens with zero attached hydrogens (tertiary/aromatic N) is 3. The molecule has 29 heavy (non-hydrogen) atoms. The minimum absolute atomic E-state index is 0.0351. The number of rotatable bonds is 2. The van der Waals surface area contributed by atoms with Gasteiger partial charge in [-0.3, -0.25) is 15.0 Å². The minimum atomic E-state index is -0.905. The number of nitrogens with one attached hydrogen (secondary N) is 1.